The van der Waals surface area contributed by atoms with Crippen molar-refractivity contribution in [2.45, 2.75) is 26.7 Å². The Morgan fingerprint density at radius 2 is 1.95 bits per heavy atom. The van der Waals surface area contributed by atoms with Crippen LogP contribution in [-0.4, -0.2) is 23.6 Å². The summed E-state index contributed by atoms with van der Waals surface area (Å²) in [6.45, 7) is 4.86. The number of para-hydroxylation sites is 1. The lowest BCUT2D eigenvalue weighted by molar-refractivity contribution is 0.318. The number of benzene rings is 1. The first-order valence-corrected chi connectivity index (χ1v) is 7.06. The van der Waals surface area contributed by atoms with Crippen LogP contribution >= 0.6 is 0 Å². The van der Waals surface area contributed by atoms with E-state index >= 15 is 0 Å². The molecule has 0 aliphatic heterocycles. The van der Waals surface area contributed by atoms with Crippen LogP contribution in [0.1, 0.15) is 26.1 Å². The van der Waals surface area contributed by atoms with Gasteiger partial charge in [-0.05, 0) is 18.6 Å². The highest BCUT2D eigenvalue weighted by Crippen LogP contribution is 2.29. The largest absolute Gasteiger partial charge is 0.493 e. The van der Waals surface area contributed by atoms with Crippen LogP contribution < -0.4 is 10.1 Å². The number of aromatic nitrogens is 2. The zero-order chi connectivity index (χ0) is 14.4. The molecule has 20 heavy (non-hydrogen) atoms. The third kappa shape index (κ3) is 3.26. The molecule has 1 aromatic carbocycles. The Kier molecular flexibility index (Phi) is 4.93. The molecule has 0 amide bonds. The Balaban J connectivity index is 2.44. The molecule has 0 spiro atoms. The molecule has 0 radical (unpaired) electrons. The highest BCUT2D eigenvalue weighted by Gasteiger charge is 2.10. The van der Waals surface area contributed by atoms with Crippen LogP contribution in [0.4, 0.5) is 5.82 Å². The van der Waals surface area contributed by atoms with E-state index in [-0.39, 0.29) is 0 Å². The van der Waals surface area contributed by atoms with Gasteiger partial charge in [-0.2, -0.15) is 0 Å². The molecule has 106 valence electrons. The predicted octanol–water partition coefficient (Wildman–Crippen LogP) is 3.54. The molecule has 1 heterocycles. The molecule has 0 fully saturated rings. The second kappa shape index (κ2) is 6.89. The maximum atomic E-state index is 5.81. The number of nitrogens with zero attached hydrogens (tertiary/aromatic N) is 2. The molecule has 0 bridgehead atoms. The zero-order valence-corrected chi connectivity index (χ0v) is 12.3. The standard InChI is InChI=1S/C16H21N3O/c1-4-10-20-14-9-7-6-8-12(14)13-11-16(17-3)19-15(5-2)18-13/h6-9,11H,4-5,10H2,1-3H3,(H,17,18,19). The minimum absolute atomic E-state index is 0.710. The Labute approximate surface area is 120 Å². The maximum Gasteiger partial charge on any atom is 0.131 e. The molecular weight excluding hydrogens is 250 g/mol. The van der Waals surface area contributed by atoms with Gasteiger partial charge in [0.05, 0.1) is 12.3 Å². The summed E-state index contributed by atoms with van der Waals surface area (Å²) < 4.78 is 5.81. The summed E-state index contributed by atoms with van der Waals surface area (Å²) in [5, 5.41) is 3.08. The number of rotatable bonds is 6. The molecule has 4 heteroatoms. The van der Waals surface area contributed by atoms with Crippen LogP contribution in [0.5, 0.6) is 5.75 Å². The van der Waals surface area contributed by atoms with E-state index in [0.717, 1.165) is 41.5 Å². The molecule has 4 nitrogen and oxygen atoms in total. The number of anilines is 1. The fraction of sp³-hybridized carbons (Fsp3) is 0.375. The van der Waals surface area contributed by atoms with Gasteiger partial charge in [0.2, 0.25) is 0 Å². The van der Waals surface area contributed by atoms with E-state index in [9.17, 15) is 0 Å². The number of aryl methyl sites for hydroxylation is 1. The van der Waals surface area contributed by atoms with Gasteiger partial charge in [0.1, 0.15) is 17.4 Å². The quantitative estimate of drug-likeness (QED) is 0.873. The summed E-state index contributed by atoms with van der Waals surface area (Å²) >= 11 is 0. The molecule has 2 aromatic rings. The molecule has 0 aliphatic rings. The Morgan fingerprint density at radius 3 is 2.65 bits per heavy atom. The van der Waals surface area contributed by atoms with Gasteiger partial charge in [0.25, 0.3) is 0 Å². The molecule has 0 saturated carbocycles. The summed E-state index contributed by atoms with van der Waals surface area (Å²) in [7, 11) is 1.87. The highest BCUT2D eigenvalue weighted by molar-refractivity contribution is 5.69. The minimum Gasteiger partial charge on any atom is -0.493 e. The van der Waals surface area contributed by atoms with Crippen LogP contribution in [-0.2, 0) is 6.42 Å². The molecule has 2 rings (SSSR count). The van der Waals surface area contributed by atoms with E-state index in [0.29, 0.717) is 6.61 Å². The smallest absolute Gasteiger partial charge is 0.131 e. The van der Waals surface area contributed by atoms with Crippen molar-refractivity contribution in [1.29, 1.82) is 0 Å². The summed E-state index contributed by atoms with van der Waals surface area (Å²) in [5.74, 6) is 2.53. The normalized spacial score (nSPS) is 10.3. The van der Waals surface area contributed by atoms with Gasteiger partial charge in [-0.25, -0.2) is 9.97 Å². The van der Waals surface area contributed by atoms with Gasteiger partial charge in [-0.1, -0.05) is 26.0 Å². The highest BCUT2D eigenvalue weighted by atomic mass is 16.5. The first kappa shape index (κ1) is 14.3. The van der Waals surface area contributed by atoms with Crippen molar-refractivity contribution >= 4 is 5.82 Å². The first-order valence-electron chi connectivity index (χ1n) is 7.06. The van der Waals surface area contributed by atoms with E-state index in [2.05, 4.69) is 29.1 Å². The number of nitrogens with one attached hydrogen (secondary N) is 1. The Hall–Kier alpha value is -2.10. The van der Waals surface area contributed by atoms with Crippen molar-refractivity contribution in [3.8, 4) is 17.0 Å². The van der Waals surface area contributed by atoms with Crippen LogP contribution in [0.15, 0.2) is 30.3 Å². The molecule has 0 aliphatic carbocycles. The van der Waals surface area contributed by atoms with Gasteiger partial charge in [-0.15, -0.1) is 0 Å². The molecule has 1 aromatic heterocycles. The number of hydrogen-bond donors (Lipinski definition) is 1. The van der Waals surface area contributed by atoms with E-state index in [1.54, 1.807) is 0 Å². The number of ether oxygens (including phenoxy) is 1. The maximum absolute atomic E-state index is 5.81. The average Bonchev–Trinajstić information content (AvgIpc) is 2.52. The lowest BCUT2D eigenvalue weighted by atomic mass is 10.1. The molecule has 0 unspecified atom stereocenters. The van der Waals surface area contributed by atoms with Crippen LogP contribution in [0, 0.1) is 0 Å². The second-order valence-corrected chi connectivity index (χ2v) is 4.50. The molecule has 1 N–H and O–H groups in total. The van der Waals surface area contributed by atoms with Crippen molar-refractivity contribution in [2.75, 3.05) is 19.0 Å². The number of hydrogen-bond acceptors (Lipinski definition) is 4. The van der Waals surface area contributed by atoms with Crippen LogP contribution in [0.2, 0.25) is 0 Å². The lowest BCUT2D eigenvalue weighted by Gasteiger charge is -2.12. The fourth-order valence-corrected chi connectivity index (χ4v) is 1.94. The van der Waals surface area contributed by atoms with Gasteiger partial charge in [0, 0.05) is 25.1 Å². The lowest BCUT2D eigenvalue weighted by Crippen LogP contribution is -2.02. The van der Waals surface area contributed by atoms with Gasteiger partial charge >= 0.3 is 0 Å². The van der Waals surface area contributed by atoms with Gasteiger partial charge < -0.3 is 10.1 Å². The second-order valence-electron chi connectivity index (χ2n) is 4.50. The predicted molar refractivity (Wildman–Crippen MR) is 82.2 cm³/mol. The minimum atomic E-state index is 0.710. The first-order chi connectivity index (χ1) is 9.78. The molecular formula is C16H21N3O. The van der Waals surface area contributed by atoms with Crippen molar-refractivity contribution < 1.29 is 4.74 Å². The van der Waals surface area contributed by atoms with Crippen molar-refractivity contribution in [1.82, 2.24) is 9.97 Å². The summed E-state index contributed by atoms with van der Waals surface area (Å²) in [4.78, 5) is 9.03. The van der Waals surface area contributed by atoms with E-state index in [4.69, 9.17) is 4.74 Å². The van der Waals surface area contributed by atoms with Crippen LogP contribution in [0.3, 0.4) is 0 Å². The van der Waals surface area contributed by atoms with Crippen molar-refractivity contribution in [3.05, 3.63) is 36.2 Å². The topological polar surface area (TPSA) is 47.0 Å². The molecule has 0 atom stereocenters. The summed E-state index contributed by atoms with van der Waals surface area (Å²) in [6, 6.07) is 9.95. The monoisotopic (exact) mass is 271 g/mol. The Morgan fingerprint density at radius 1 is 1.15 bits per heavy atom. The van der Waals surface area contributed by atoms with Crippen LogP contribution in [0.25, 0.3) is 11.3 Å². The SMILES string of the molecule is CCCOc1ccccc1-c1cc(NC)nc(CC)n1. The third-order valence-corrected chi connectivity index (χ3v) is 2.97. The molecule has 0 saturated heterocycles. The Bertz CT molecular complexity index is 547. The zero-order valence-electron chi connectivity index (χ0n) is 12.3. The fourth-order valence-electron chi connectivity index (χ4n) is 1.94. The van der Waals surface area contributed by atoms with E-state index < -0.39 is 0 Å². The summed E-state index contributed by atoms with van der Waals surface area (Å²) in [5.41, 5.74) is 1.91. The third-order valence-electron chi connectivity index (χ3n) is 2.97. The van der Waals surface area contributed by atoms with E-state index in [1.807, 2.05) is 37.4 Å². The average molecular weight is 271 g/mol. The summed E-state index contributed by atoms with van der Waals surface area (Å²) in [6.07, 6.45) is 1.79. The van der Waals surface area contributed by atoms with Gasteiger partial charge in [-0.3, -0.25) is 0 Å². The van der Waals surface area contributed by atoms with Crippen molar-refractivity contribution in [3.63, 3.8) is 0 Å². The van der Waals surface area contributed by atoms with E-state index in [1.165, 1.54) is 0 Å². The van der Waals surface area contributed by atoms with Gasteiger partial charge in [0.15, 0.2) is 0 Å². The van der Waals surface area contributed by atoms with Crippen molar-refractivity contribution in [2.24, 2.45) is 0 Å².